The lowest BCUT2D eigenvalue weighted by atomic mass is 9.97. The number of fused-ring (bicyclic) bond motifs is 1. The Balaban J connectivity index is 2.39. The summed E-state index contributed by atoms with van der Waals surface area (Å²) >= 11 is 0. The summed E-state index contributed by atoms with van der Waals surface area (Å²) in [5, 5.41) is 19.4. The standard InChI is InChI=1S/C17H11NO4/c1-21-12-5-2-10(3-6-12)16-13-7-4-11(19)8-15(13)22-17(20)14(16)9-18/h2-8,19H,1H3. The summed E-state index contributed by atoms with van der Waals surface area (Å²) in [6, 6.07) is 13.4. The normalized spacial score (nSPS) is 10.4. The van der Waals surface area contributed by atoms with Crippen LogP contribution in [0, 0.1) is 11.3 Å². The van der Waals surface area contributed by atoms with Crippen LogP contribution in [0.1, 0.15) is 5.56 Å². The van der Waals surface area contributed by atoms with Gasteiger partial charge in [0.2, 0.25) is 0 Å². The number of phenolic OH excluding ortho intramolecular Hbond substituents is 1. The summed E-state index contributed by atoms with van der Waals surface area (Å²) in [6.07, 6.45) is 0. The maximum Gasteiger partial charge on any atom is 0.354 e. The quantitative estimate of drug-likeness (QED) is 0.734. The minimum absolute atomic E-state index is 0.0129. The predicted octanol–water partition coefficient (Wildman–Crippen LogP) is 3.05. The largest absolute Gasteiger partial charge is 0.508 e. The Morgan fingerprint density at radius 3 is 2.55 bits per heavy atom. The van der Waals surface area contributed by atoms with Crippen molar-refractivity contribution in [3.8, 4) is 28.7 Å². The molecule has 0 aliphatic heterocycles. The van der Waals surface area contributed by atoms with Crippen molar-refractivity contribution in [3.63, 3.8) is 0 Å². The Labute approximate surface area is 125 Å². The summed E-state index contributed by atoms with van der Waals surface area (Å²) in [4.78, 5) is 12.0. The minimum Gasteiger partial charge on any atom is -0.508 e. The first-order valence-corrected chi connectivity index (χ1v) is 6.48. The molecule has 0 unspecified atom stereocenters. The minimum atomic E-state index is -0.730. The van der Waals surface area contributed by atoms with E-state index in [4.69, 9.17) is 9.15 Å². The van der Waals surface area contributed by atoms with Gasteiger partial charge in [-0.05, 0) is 29.8 Å². The Bertz CT molecular complexity index is 949. The van der Waals surface area contributed by atoms with Crippen LogP contribution in [0.3, 0.4) is 0 Å². The highest BCUT2D eigenvalue weighted by atomic mass is 16.5. The van der Waals surface area contributed by atoms with E-state index in [-0.39, 0.29) is 16.9 Å². The monoisotopic (exact) mass is 293 g/mol. The lowest BCUT2D eigenvalue weighted by Gasteiger charge is -2.09. The van der Waals surface area contributed by atoms with Crippen LogP contribution < -0.4 is 10.4 Å². The molecule has 5 heteroatoms. The fourth-order valence-electron chi connectivity index (χ4n) is 2.35. The molecule has 0 aliphatic carbocycles. The van der Waals surface area contributed by atoms with Crippen LogP contribution in [0.4, 0.5) is 0 Å². The molecular weight excluding hydrogens is 282 g/mol. The molecule has 0 radical (unpaired) electrons. The fourth-order valence-corrected chi connectivity index (χ4v) is 2.35. The van der Waals surface area contributed by atoms with Crippen molar-refractivity contribution in [2.45, 2.75) is 0 Å². The lowest BCUT2D eigenvalue weighted by molar-refractivity contribution is 0.415. The second kappa shape index (κ2) is 5.26. The molecule has 0 saturated carbocycles. The van der Waals surface area contributed by atoms with E-state index in [0.29, 0.717) is 22.3 Å². The average Bonchev–Trinajstić information content (AvgIpc) is 2.53. The molecular formula is C17H11NO4. The molecule has 108 valence electrons. The molecule has 0 saturated heterocycles. The van der Waals surface area contributed by atoms with Crippen LogP contribution >= 0.6 is 0 Å². The average molecular weight is 293 g/mol. The van der Waals surface area contributed by atoms with Crippen molar-refractivity contribution in [2.75, 3.05) is 7.11 Å². The molecule has 0 atom stereocenters. The molecule has 3 aromatic rings. The van der Waals surface area contributed by atoms with E-state index < -0.39 is 5.63 Å². The Kier molecular flexibility index (Phi) is 3.28. The Hall–Kier alpha value is -3.26. The number of nitrogens with zero attached hydrogens (tertiary/aromatic N) is 1. The highest BCUT2D eigenvalue weighted by Crippen LogP contribution is 2.32. The lowest BCUT2D eigenvalue weighted by Crippen LogP contribution is -2.06. The number of rotatable bonds is 2. The molecule has 0 bridgehead atoms. The molecule has 1 aromatic heterocycles. The fraction of sp³-hybridized carbons (Fsp3) is 0.0588. The van der Waals surface area contributed by atoms with Crippen LogP contribution in [0.15, 0.2) is 51.7 Å². The molecule has 22 heavy (non-hydrogen) atoms. The van der Waals surface area contributed by atoms with E-state index in [0.717, 1.165) is 0 Å². The maximum absolute atomic E-state index is 12.0. The van der Waals surface area contributed by atoms with Crippen LogP contribution in [0.2, 0.25) is 0 Å². The van der Waals surface area contributed by atoms with Crippen molar-refractivity contribution >= 4 is 11.0 Å². The summed E-state index contributed by atoms with van der Waals surface area (Å²) in [7, 11) is 1.56. The summed E-state index contributed by atoms with van der Waals surface area (Å²) in [6.45, 7) is 0. The van der Waals surface area contributed by atoms with Crippen LogP contribution in [0.25, 0.3) is 22.1 Å². The number of phenols is 1. The third kappa shape index (κ3) is 2.17. The smallest absolute Gasteiger partial charge is 0.354 e. The third-order valence-corrected chi connectivity index (χ3v) is 3.38. The topological polar surface area (TPSA) is 83.5 Å². The molecule has 0 amide bonds. The first-order valence-electron chi connectivity index (χ1n) is 6.48. The zero-order chi connectivity index (χ0) is 15.7. The molecule has 5 nitrogen and oxygen atoms in total. The molecule has 1 heterocycles. The van der Waals surface area contributed by atoms with Crippen molar-refractivity contribution in [1.29, 1.82) is 5.26 Å². The molecule has 2 aromatic carbocycles. The molecule has 1 N–H and O–H groups in total. The van der Waals surface area contributed by atoms with Gasteiger partial charge in [0.15, 0.2) is 0 Å². The zero-order valence-corrected chi connectivity index (χ0v) is 11.7. The Morgan fingerprint density at radius 2 is 1.91 bits per heavy atom. The Morgan fingerprint density at radius 1 is 1.18 bits per heavy atom. The number of benzene rings is 2. The number of hydrogen-bond acceptors (Lipinski definition) is 5. The van der Waals surface area contributed by atoms with E-state index in [1.165, 1.54) is 12.1 Å². The SMILES string of the molecule is COc1ccc(-c2c(C#N)c(=O)oc3cc(O)ccc23)cc1. The van der Waals surface area contributed by atoms with Crippen LogP contribution in [0.5, 0.6) is 11.5 Å². The number of methoxy groups -OCH3 is 1. The van der Waals surface area contributed by atoms with Gasteiger partial charge in [0.25, 0.3) is 0 Å². The number of hydrogen-bond donors (Lipinski definition) is 1. The van der Waals surface area contributed by atoms with Crippen molar-refractivity contribution in [2.24, 2.45) is 0 Å². The highest BCUT2D eigenvalue weighted by Gasteiger charge is 2.16. The van der Waals surface area contributed by atoms with Gasteiger partial charge >= 0.3 is 5.63 Å². The second-order valence-electron chi connectivity index (χ2n) is 4.66. The zero-order valence-electron chi connectivity index (χ0n) is 11.7. The van der Waals surface area contributed by atoms with Crippen molar-refractivity contribution < 1.29 is 14.3 Å². The second-order valence-corrected chi connectivity index (χ2v) is 4.66. The van der Waals surface area contributed by atoms with Gasteiger partial charge in [-0.2, -0.15) is 5.26 Å². The van der Waals surface area contributed by atoms with Gasteiger partial charge in [-0.3, -0.25) is 0 Å². The molecule has 0 aliphatic rings. The highest BCUT2D eigenvalue weighted by molar-refractivity contribution is 5.96. The predicted molar refractivity (Wildman–Crippen MR) is 80.9 cm³/mol. The van der Waals surface area contributed by atoms with Gasteiger partial charge in [0, 0.05) is 17.0 Å². The number of ether oxygens (including phenoxy) is 1. The summed E-state index contributed by atoms with van der Waals surface area (Å²) in [5.41, 5.74) is 0.613. The van der Waals surface area contributed by atoms with E-state index in [2.05, 4.69) is 0 Å². The molecule has 0 fully saturated rings. The van der Waals surface area contributed by atoms with Gasteiger partial charge in [-0.1, -0.05) is 12.1 Å². The maximum atomic E-state index is 12.0. The van der Waals surface area contributed by atoms with Crippen LogP contribution in [-0.4, -0.2) is 12.2 Å². The van der Waals surface area contributed by atoms with Gasteiger partial charge in [-0.15, -0.1) is 0 Å². The van der Waals surface area contributed by atoms with Crippen LogP contribution in [-0.2, 0) is 0 Å². The third-order valence-electron chi connectivity index (χ3n) is 3.38. The summed E-state index contributed by atoms with van der Waals surface area (Å²) in [5.74, 6) is 0.660. The first-order chi connectivity index (χ1) is 10.6. The number of nitriles is 1. The summed E-state index contributed by atoms with van der Waals surface area (Å²) < 4.78 is 10.2. The van der Waals surface area contributed by atoms with Crippen molar-refractivity contribution in [3.05, 3.63) is 58.4 Å². The van der Waals surface area contributed by atoms with Gasteiger partial charge in [0.05, 0.1) is 7.11 Å². The van der Waals surface area contributed by atoms with Crippen molar-refractivity contribution in [1.82, 2.24) is 0 Å². The van der Waals surface area contributed by atoms with E-state index in [1.54, 1.807) is 37.4 Å². The van der Waals surface area contributed by atoms with Gasteiger partial charge in [-0.25, -0.2) is 4.79 Å². The van der Waals surface area contributed by atoms with E-state index in [9.17, 15) is 15.2 Å². The van der Waals surface area contributed by atoms with Gasteiger partial charge in [0.1, 0.15) is 28.7 Å². The van der Waals surface area contributed by atoms with E-state index in [1.807, 2.05) is 6.07 Å². The first kappa shape index (κ1) is 13.7. The molecule has 3 rings (SSSR count). The number of aromatic hydroxyl groups is 1. The van der Waals surface area contributed by atoms with E-state index >= 15 is 0 Å². The van der Waals surface area contributed by atoms with Gasteiger partial charge < -0.3 is 14.3 Å². The molecule has 0 spiro atoms.